The molecule has 7 heteroatoms. The normalized spacial score (nSPS) is 13.4. The van der Waals surface area contributed by atoms with Gasteiger partial charge in [-0.1, -0.05) is 31.2 Å². The number of aliphatic hydroxyl groups is 1. The van der Waals surface area contributed by atoms with Gasteiger partial charge in [0.2, 0.25) is 0 Å². The Morgan fingerprint density at radius 3 is 1.93 bits per heavy atom. The van der Waals surface area contributed by atoms with E-state index in [1.54, 1.807) is 47.6 Å². The van der Waals surface area contributed by atoms with Crippen LogP contribution in [0.15, 0.2) is 35.6 Å². The highest BCUT2D eigenvalue weighted by atomic mass is 16.6. The molecule has 0 aliphatic rings. The molecule has 166 valence electrons. The first-order valence-corrected chi connectivity index (χ1v) is 9.96. The third-order valence-corrected chi connectivity index (χ3v) is 3.26. The van der Waals surface area contributed by atoms with Gasteiger partial charge in [0.25, 0.3) is 0 Å². The molecule has 0 rings (SSSR count). The molecule has 29 heavy (non-hydrogen) atoms. The van der Waals surface area contributed by atoms with Crippen LogP contribution in [-0.2, 0) is 9.47 Å². The van der Waals surface area contributed by atoms with Gasteiger partial charge < -0.3 is 19.9 Å². The molecule has 0 aromatic heterocycles. The zero-order valence-electron chi connectivity index (χ0n) is 19.2. The van der Waals surface area contributed by atoms with Gasteiger partial charge in [-0.15, -0.1) is 0 Å². The second kappa shape index (κ2) is 12.3. The lowest BCUT2D eigenvalue weighted by Crippen LogP contribution is -2.43. The highest BCUT2D eigenvalue weighted by Crippen LogP contribution is 2.15. The fourth-order valence-electron chi connectivity index (χ4n) is 2.19. The van der Waals surface area contributed by atoms with Crippen molar-refractivity contribution in [2.24, 2.45) is 0 Å². The van der Waals surface area contributed by atoms with Crippen LogP contribution in [0.2, 0.25) is 0 Å². The summed E-state index contributed by atoms with van der Waals surface area (Å²) >= 11 is 0. The highest BCUT2D eigenvalue weighted by Gasteiger charge is 2.30. The Labute approximate surface area is 175 Å². The van der Waals surface area contributed by atoms with Crippen molar-refractivity contribution < 1.29 is 24.2 Å². The Bertz CT molecular complexity index is 594. The van der Waals surface area contributed by atoms with Gasteiger partial charge in [-0.2, -0.15) is 0 Å². The van der Waals surface area contributed by atoms with Crippen molar-refractivity contribution in [1.82, 2.24) is 10.2 Å². The number of ether oxygens (including phenoxy) is 2. The van der Waals surface area contributed by atoms with Crippen LogP contribution in [0.1, 0.15) is 61.8 Å². The topological polar surface area (TPSA) is 88.1 Å². The van der Waals surface area contributed by atoms with Gasteiger partial charge in [0.1, 0.15) is 11.2 Å². The predicted molar refractivity (Wildman–Crippen MR) is 116 cm³/mol. The van der Waals surface area contributed by atoms with Crippen LogP contribution in [0.4, 0.5) is 9.59 Å². The molecule has 0 aliphatic carbocycles. The van der Waals surface area contributed by atoms with Crippen LogP contribution >= 0.6 is 0 Å². The summed E-state index contributed by atoms with van der Waals surface area (Å²) in [7, 11) is 0. The van der Waals surface area contributed by atoms with Crippen molar-refractivity contribution in [3.8, 4) is 0 Å². The lowest BCUT2D eigenvalue weighted by molar-refractivity contribution is 0.00373. The molecule has 7 nitrogen and oxygen atoms in total. The SMILES string of the molecule is C\C=C(NCCO)/C(=C\CC)/C=C/CN(C(=O)OC(C)(C)C)C(=O)OC(C)(C)C. The maximum atomic E-state index is 12.5. The van der Waals surface area contributed by atoms with Crippen molar-refractivity contribution in [2.75, 3.05) is 19.7 Å². The zero-order valence-corrected chi connectivity index (χ0v) is 19.2. The summed E-state index contributed by atoms with van der Waals surface area (Å²) in [6.45, 7) is 14.8. The quantitative estimate of drug-likeness (QED) is 0.571. The first-order chi connectivity index (χ1) is 13.3. The van der Waals surface area contributed by atoms with Gasteiger partial charge in [-0.05, 0) is 60.5 Å². The predicted octanol–water partition coefficient (Wildman–Crippen LogP) is 4.54. The number of amides is 2. The minimum atomic E-state index is -0.762. The minimum Gasteiger partial charge on any atom is -0.443 e. The maximum absolute atomic E-state index is 12.5. The van der Waals surface area contributed by atoms with Crippen LogP contribution < -0.4 is 5.32 Å². The van der Waals surface area contributed by atoms with Crippen LogP contribution in [0.5, 0.6) is 0 Å². The van der Waals surface area contributed by atoms with E-state index in [4.69, 9.17) is 14.6 Å². The number of hydrogen-bond acceptors (Lipinski definition) is 6. The molecular weight excluding hydrogens is 372 g/mol. The first-order valence-electron chi connectivity index (χ1n) is 9.96. The second-order valence-corrected chi connectivity index (χ2v) is 8.39. The summed E-state index contributed by atoms with van der Waals surface area (Å²) < 4.78 is 10.7. The lowest BCUT2D eigenvalue weighted by atomic mass is 10.1. The Morgan fingerprint density at radius 1 is 1.03 bits per heavy atom. The molecule has 0 bridgehead atoms. The van der Waals surface area contributed by atoms with Crippen LogP contribution in [0.3, 0.4) is 0 Å². The number of nitrogens with one attached hydrogen (secondary N) is 1. The molecule has 0 atom stereocenters. The number of allylic oxidation sites excluding steroid dienone is 3. The molecule has 0 aromatic rings. The summed E-state index contributed by atoms with van der Waals surface area (Å²) in [5.41, 5.74) is 0.288. The van der Waals surface area contributed by atoms with Crippen molar-refractivity contribution in [3.63, 3.8) is 0 Å². The van der Waals surface area contributed by atoms with Gasteiger partial charge in [-0.25, -0.2) is 14.5 Å². The summed E-state index contributed by atoms with van der Waals surface area (Å²) in [4.78, 5) is 26.0. The Kier molecular flexibility index (Phi) is 11.3. The molecule has 0 fully saturated rings. The number of aliphatic hydroxyl groups excluding tert-OH is 1. The zero-order chi connectivity index (χ0) is 22.7. The Balaban J connectivity index is 5.51. The maximum Gasteiger partial charge on any atom is 0.420 e. The largest absolute Gasteiger partial charge is 0.443 e. The van der Waals surface area contributed by atoms with E-state index in [-0.39, 0.29) is 13.2 Å². The lowest BCUT2D eigenvalue weighted by Gasteiger charge is -2.28. The Hall–Kier alpha value is -2.28. The molecule has 0 aromatic carbocycles. The smallest absolute Gasteiger partial charge is 0.420 e. The van der Waals surface area contributed by atoms with E-state index in [1.165, 1.54) is 0 Å². The van der Waals surface area contributed by atoms with E-state index < -0.39 is 23.4 Å². The van der Waals surface area contributed by atoms with Crippen LogP contribution in [-0.4, -0.2) is 53.1 Å². The molecule has 0 saturated carbocycles. The average molecular weight is 411 g/mol. The summed E-state index contributed by atoms with van der Waals surface area (Å²) in [6, 6.07) is 0. The third kappa shape index (κ3) is 12.0. The molecule has 0 radical (unpaired) electrons. The number of carbonyl (C=O) groups excluding carboxylic acids is 2. The van der Waals surface area contributed by atoms with Crippen molar-refractivity contribution in [3.05, 3.63) is 35.6 Å². The van der Waals surface area contributed by atoms with Gasteiger partial charge >= 0.3 is 12.2 Å². The highest BCUT2D eigenvalue weighted by molar-refractivity contribution is 5.88. The number of carbonyl (C=O) groups is 2. The van der Waals surface area contributed by atoms with Crippen molar-refractivity contribution in [2.45, 2.75) is 73.0 Å². The van der Waals surface area contributed by atoms with E-state index >= 15 is 0 Å². The number of imide groups is 1. The standard InChI is InChI=1S/C22H38N2O5/c1-9-12-17(18(10-2)23-14-16-25)13-11-15-24(19(26)28-21(3,4)5)20(27)29-22(6,7)8/h10-13,23,25H,9,14-16H2,1-8H3/b13-11+,17-12-,18-10+. The van der Waals surface area contributed by atoms with Crippen molar-refractivity contribution in [1.29, 1.82) is 0 Å². The molecule has 0 aliphatic heterocycles. The van der Waals surface area contributed by atoms with E-state index in [1.807, 2.05) is 32.1 Å². The molecule has 0 heterocycles. The van der Waals surface area contributed by atoms with E-state index in [2.05, 4.69) is 5.32 Å². The fourth-order valence-corrected chi connectivity index (χ4v) is 2.19. The Morgan fingerprint density at radius 2 is 1.55 bits per heavy atom. The minimum absolute atomic E-state index is 0.00186. The van der Waals surface area contributed by atoms with Gasteiger partial charge in [0.05, 0.1) is 13.2 Å². The molecule has 2 amide bonds. The molecule has 0 unspecified atom stereocenters. The van der Waals surface area contributed by atoms with Crippen LogP contribution in [0.25, 0.3) is 0 Å². The number of nitrogens with zero attached hydrogens (tertiary/aromatic N) is 1. The van der Waals surface area contributed by atoms with Crippen molar-refractivity contribution >= 4 is 12.2 Å². The first kappa shape index (κ1) is 26.7. The number of rotatable bonds is 8. The monoisotopic (exact) mass is 410 g/mol. The van der Waals surface area contributed by atoms with Gasteiger partial charge in [0, 0.05) is 12.2 Å². The fraction of sp³-hybridized carbons (Fsp3) is 0.636. The molecular formula is C22H38N2O5. The molecule has 0 spiro atoms. The van der Waals surface area contributed by atoms with Crippen LogP contribution in [0, 0.1) is 0 Å². The molecule has 2 N–H and O–H groups in total. The van der Waals surface area contributed by atoms with E-state index in [0.29, 0.717) is 6.54 Å². The molecule has 0 saturated heterocycles. The summed E-state index contributed by atoms with van der Waals surface area (Å²) in [5.74, 6) is 0. The summed E-state index contributed by atoms with van der Waals surface area (Å²) in [5, 5.41) is 12.2. The van der Waals surface area contributed by atoms with Gasteiger partial charge in [-0.3, -0.25) is 0 Å². The van der Waals surface area contributed by atoms with E-state index in [0.717, 1.165) is 22.6 Å². The average Bonchev–Trinajstić information content (AvgIpc) is 2.55. The summed E-state index contributed by atoms with van der Waals surface area (Å²) in [6.07, 6.45) is 6.73. The second-order valence-electron chi connectivity index (χ2n) is 8.39. The third-order valence-electron chi connectivity index (χ3n) is 3.26. The van der Waals surface area contributed by atoms with Gasteiger partial charge in [0.15, 0.2) is 0 Å². The number of hydrogen-bond donors (Lipinski definition) is 2. The van der Waals surface area contributed by atoms with E-state index in [9.17, 15) is 9.59 Å².